The SMILES string of the molecule is COc1ccc(CN(Cc2ccc(OC)cc2)S(=O)(=O)c2cn(CCO)c(C)n2)cc1.Cc1nc(S(N)(=O)=O)cn1CCO. The van der Waals surface area contributed by atoms with Crippen molar-refractivity contribution in [2.24, 2.45) is 5.14 Å². The van der Waals surface area contributed by atoms with Gasteiger partial charge in [0.2, 0.25) is 0 Å². The van der Waals surface area contributed by atoms with Crippen LogP contribution in [0.1, 0.15) is 22.8 Å². The number of aryl methyl sites for hydroxylation is 2. The number of methoxy groups -OCH3 is 2. The molecule has 0 unspecified atom stereocenters. The monoisotopic (exact) mass is 650 g/mol. The van der Waals surface area contributed by atoms with Crippen molar-refractivity contribution in [2.45, 2.75) is 50.1 Å². The molecular weight excluding hydrogens is 612 g/mol. The average molecular weight is 651 g/mol. The summed E-state index contributed by atoms with van der Waals surface area (Å²) in [7, 11) is -4.46. The van der Waals surface area contributed by atoms with Crippen molar-refractivity contribution in [3.63, 3.8) is 0 Å². The van der Waals surface area contributed by atoms with Gasteiger partial charge in [-0.25, -0.2) is 31.9 Å². The van der Waals surface area contributed by atoms with Gasteiger partial charge in [0.25, 0.3) is 20.0 Å². The van der Waals surface area contributed by atoms with Gasteiger partial charge in [0.15, 0.2) is 10.1 Å². The maximum atomic E-state index is 13.5. The first-order chi connectivity index (χ1) is 20.8. The van der Waals surface area contributed by atoms with E-state index < -0.39 is 20.0 Å². The van der Waals surface area contributed by atoms with Crippen LogP contribution in [0.4, 0.5) is 0 Å². The third-order valence-corrected chi connectivity index (χ3v) is 8.96. The van der Waals surface area contributed by atoms with Crippen LogP contribution >= 0.6 is 0 Å². The number of imidazole rings is 2. The van der Waals surface area contributed by atoms with Gasteiger partial charge in [-0.2, -0.15) is 4.31 Å². The highest BCUT2D eigenvalue weighted by Crippen LogP contribution is 2.23. The Hall–Kier alpha value is -3.80. The molecule has 0 saturated carbocycles. The van der Waals surface area contributed by atoms with Crippen LogP contribution in [0.25, 0.3) is 0 Å². The highest BCUT2D eigenvalue weighted by molar-refractivity contribution is 7.89. The average Bonchev–Trinajstić information content (AvgIpc) is 3.56. The smallest absolute Gasteiger partial charge is 0.262 e. The molecule has 2 aromatic carbocycles. The number of benzene rings is 2. The number of primary sulfonamides is 1. The molecule has 240 valence electrons. The van der Waals surface area contributed by atoms with Gasteiger partial charge in [-0.05, 0) is 49.2 Å². The summed E-state index contributed by atoms with van der Waals surface area (Å²) in [5.74, 6) is 2.44. The van der Waals surface area contributed by atoms with Gasteiger partial charge in [0.1, 0.15) is 23.1 Å². The number of ether oxygens (including phenoxy) is 2. The van der Waals surface area contributed by atoms with E-state index in [4.69, 9.17) is 19.7 Å². The largest absolute Gasteiger partial charge is 0.497 e. The number of aromatic nitrogens is 4. The van der Waals surface area contributed by atoms with E-state index in [1.54, 1.807) is 56.9 Å². The van der Waals surface area contributed by atoms with Crippen LogP contribution in [0.3, 0.4) is 0 Å². The first-order valence-corrected chi connectivity index (χ1v) is 16.4. The van der Waals surface area contributed by atoms with Gasteiger partial charge in [0.05, 0.1) is 27.4 Å². The Labute approximate surface area is 257 Å². The van der Waals surface area contributed by atoms with Gasteiger partial charge < -0.3 is 28.8 Å². The molecule has 14 nitrogen and oxygen atoms in total. The zero-order chi connectivity index (χ0) is 32.5. The van der Waals surface area contributed by atoms with Crippen LogP contribution < -0.4 is 14.6 Å². The van der Waals surface area contributed by atoms with Gasteiger partial charge >= 0.3 is 0 Å². The van der Waals surface area contributed by atoms with Crippen molar-refractivity contribution in [3.05, 3.63) is 83.7 Å². The molecule has 0 fully saturated rings. The Bertz CT molecular complexity index is 1670. The lowest BCUT2D eigenvalue weighted by molar-refractivity contribution is 0.274. The third-order valence-electron chi connectivity index (χ3n) is 6.52. The summed E-state index contributed by atoms with van der Waals surface area (Å²) < 4.78 is 63.6. The Morgan fingerprint density at radius 3 is 1.45 bits per heavy atom. The summed E-state index contributed by atoms with van der Waals surface area (Å²) in [6.07, 6.45) is 2.77. The van der Waals surface area contributed by atoms with Gasteiger partial charge in [-0.15, -0.1) is 0 Å². The Balaban J connectivity index is 0.000000340. The molecule has 0 aliphatic rings. The Morgan fingerprint density at radius 2 is 1.11 bits per heavy atom. The lowest BCUT2D eigenvalue weighted by atomic mass is 10.2. The fourth-order valence-electron chi connectivity index (χ4n) is 4.12. The van der Waals surface area contributed by atoms with Crippen LogP contribution in [0.15, 0.2) is 71.0 Å². The molecule has 4 rings (SSSR count). The number of sulfonamides is 2. The molecule has 2 aromatic heterocycles. The van der Waals surface area contributed by atoms with E-state index in [0.29, 0.717) is 29.7 Å². The van der Waals surface area contributed by atoms with E-state index in [1.165, 1.54) is 21.3 Å². The minimum atomic E-state index is -3.89. The van der Waals surface area contributed by atoms with Gasteiger partial charge in [-0.1, -0.05) is 24.3 Å². The summed E-state index contributed by atoms with van der Waals surface area (Å²) in [5, 5.41) is 22.5. The second-order valence-corrected chi connectivity index (χ2v) is 13.0. The van der Waals surface area contributed by atoms with Crippen molar-refractivity contribution < 1.29 is 36.5 Å². The van der Waals surface area contributed by atoms with Crippen molar-refractivity contribution in [1.29, 1.82) is 0 Å². The van der Waals surface area contributed by atoms with Gasteiger partial charge in [-0.3, -0.25) is 0 Å². The number of nitrogens with two attached hydrogens (primary N) is 1. The number of aliphatic hydroxyl groups is 2. The van der Waals surface area contributed by atoms with Crippen molar-refractivity contribution in [2.75, 3.05) is 27.4 Å². The lowest BCUT2D eigenvalue weighted by Crippen LogP contribution is -2.30. The summed E-state index contributed by atoms with van der Waals surface area (Å²) >= 11 is 0. The van der Waals surface area contributed by atoms with Crippen molar-refractivity contribution >= 4 is 20.0 Å². The Morgan fingerprint density at radius 1 is 0.727 bits per heavy atom. The third kappa shape index (κ3) is 9.10. The number of nitrogens with zero attached hydrogens (tertiary/aromatic N) is 5. The number of hydrogen-bond acceptors (Lipinski definition) is 10. The summed E-state index contributed by atoms with van der Waals surface area (Å²) in [6.45, 7) is 4.13. The molecular formula is C28H38N6O8S2. The van der Waals surface area contributed by atoms with Crippen LogP contribution in [0.2, 0.25) is 0 Å². The predicted molar refractivity (Wildman–Crippen MR) is 162 cm³/mol. The van der Waals surface area contributed by atoms with Crippen LogP contribution in [-0.2, 0) is 46.2 Å². The molecule has 0 spiro atoms. The summed E-state index contributed by atoms with van der Waals surface area (Å²) in [5.41, 5.74) is 1.65. The molecule has 0 amide bonds. The van der Waals surface area contributed by atoms with Gasteiger partial charge in [0, 0.05) is 38.6 Å². The maximum Gasteiger partial charge on any atom is 0.262 e. The van der Waals surface area contributed by atoms with Crippen LogP contribution in [0, 0.1) is 13.8 Å². The van der Waals surface area contributed by atoms with E-state index in [0.717, 1.165) is 11.1 Å². The van der Waals surface area contributed by atoms with Crippen molar-refractivity contribution in [3.8, 4) is 11.5 Å². The fraction of sp³-hybridized carbons (Fsp3) is 0.357. The molecule has 0 radical (unpaired) electrons. The molecule has 0 aliphatic heterocycles. The van der Waals surface area contributed by atoms with E-state index in [-0.39, 0.29) is 42.9 Å². The van der Waals surface area contributed by atoms with E-state index in [9.17, 15) is 21.9 Å². The molecule has 4 N–H and O–H groups in total. The number of hydrogen-bond donors (Lipinski definition) is 3. The van der Waals surface area contributed by atoms with Crippen LogP contribution in [-0.4, -0.2) is 77.9 Å². The van der Waals surface area contributed by atoms with Crippen LogP contribution in [0.5, 0.6) is 11.5 Å². The zero-order valence-electron chi connectivity index (χ0n) is 25.0. The van der Waals surface area contributed by atoms with E-state index in [1.807, 2.05) is 24.3 Å². The topological polar surface area (TPSA) is 192 Å². The molecule has 2 heterocycles. The highest BCUT2D eigenvalue weighted by atomic mass is 32.2. The lowest BCUT2D eigenvalue weighted by Gasteiger charge is -2.21. The second-order valence-electron chi connectivity index (χ2n) is 9.60. The fourth-order valence-corrected chi connectivity index (χ4v) is 6.06. The minimum Gasteiger partial charge on any atom is -0.497 e. The first-order valence-electron chi connectivity index (χ1n) is 13.4. The second kappa shape index (κ2) is 15.3. The Kier molecular flexibility index (Phi) is 12.0. The minimum absolute atomic E-state index is 0.0412. The predicted octanol–water partition coefficient (Wildman–Crippen LogP) is 1.42. The molecule has 0 aliphatic carbocycles. The standard InChI is InChI=1S/C22H27N3O5S.C6H11N3O3S/c1-17-23-22(16-24(17)12-13-26)31(27,28)25(14-18-4-8-20(29-2)9-5-18)15-19-6-10-21(30-3)11-7-19;1-5-8-6(13(7,11)12)4-9(5)2-3-10/h4-11,16,26H,12-15H2,1-3H3;4,10H,2-3H2,1H3,(H2,7,11,12). The van der Waals surface area contributed by atoms with E-state index in [2.05, 4.69) is 9.97 Å². The normalized spacial score (nSPS) is 11.7. The number of aliphatic hydroxyl groups excluding tert-OH is 2. The first kappa shape index (κ1) is 34.7. The van der Waals surface area contributed by atoms with E-state index >= 15 is 0 Å². The summed E-state index contributed by atoms with van der Waals surface area (Å²) in [6, 6.07) is 14.6. The molecule has 0 bridgehead atoms. The van der Waals surface area contributed by atoms with Crippen molar-refractivity contribution in [1.82, 2.24) is 23.4 Å². The quantitative estimate of drug-likeness (QED) is 0.191. The highest BCUT2D eigenvalue weighted by Gasteiger charge is 2.28. The zero-order valence-corrected chi connectivity index (χ0v) is 26.6. The maximum absolute atomic E-state index is 13.5. The molecule has 4 aromatic rings. The molecule has 44 heavy (non-hydrogen) atoms. The molecule has 0 atom stereocenters. The number of rotatable bonds is 13. The molecule has 0 saturated heterocycles. The molecule has 16 heteroatoms. The summed E-state index contributed by atoms with van der Waals surface area (Å²) in [4.78, 5) is 7.98.